The van der Waals surface area contributed by atoms with Crippen LogP contribution in [0.15, 0.2) is 0 Å². The molecule has 1 heterocycles. The summed E-state index contributed by atoms with van der Waals surface area (Å²) < 4.78 is 0. The highest BCUT2D eigenvalue weighted by Crippen LogP contribution is 2.18. The summed E-state index contributed by atoms with van der Waals surface area (Å²) in [6, 6.07) is 0.351. The van der Waals surface area contributed by atoms with Crippen molar-refractivity contribution >= 4 is 0 Å². The second kappa shape index (κ2) is 4.07. The lowest BCUT2D eigenvalue weighted by Crippen LogP contribution is -2.45. The lowest BCUT2D eigenvalue weighted by atomic mass is 9.90. The van der Waals surface area contributed by atoms with Gasteiger partial charge in [0.15, 0.2) is 0 Å². The maximum Gasteiger partial charge on any atom is 0.0690 e. The minimum Gasteiger partial charge on any atom is -0.392 e. The van der Waals surface area contributed by atoms with E-state index in [1.54, 1.807) is 0 Å². The third kappa shape index (κ3) is 2.46. The fourth-order valence-electron chi connectivity index (χ4n) is 1.73. The van der Waals surface area contributed by atoms with Crippen LogP contribution in [-0.4, -0.2) is 23.8 Å². The van der Waals surface area contributed by atoms with Crippen molar-refractivity contribution in [2.24, 2.45) is 5.92 Å². The molecule has 2 nitrogen and oxygen atoms in total. The Morgan fingerprint density at radius 1 is 1.64 bits per heavy atom. The van der Waals surface area contributed by atoms with E-state index in [1.165, 1.54) is 6.42 Å². The standard InChI is InChI=1S/C9H19NO/c1-3-9(11)8-6-7(2)4-5-10-8/h7-11H,3-6H2,1-2H3. The van der Waals surface area contributed by atoms with Crippen LogP contribution < -0.4 is 5.32 Å². The Morgan fingerprint density at radius 3 is 2.91 bits per heavy atom. The molecule has 0 spiro atoms. The Labute approximate surface area is 69.0 Å². The molecule has 0 aliphatic carbocycles. The summed E-state index contributed by atoms with van der Waals surface area (Å²) in [7, 11) is 0. The summed E-state index contributed by atoms with van der Waals surface area (Å²) >= 11 is 0. The van der Waals surface area contributed by atoms with E-state index >= 15 is 0 Å². The summed E-state index contributed by atoms with van der Waals surface area (Å²) in [5.74, 6) is 0.780. The minimum absolute atomic E-state index is 0.141. The lowest BCUT2D eigenvalue weighted by Gasteiger charge is -2.31. The molecule has 0 bridgehead atoms. The van der Waals surface area contributed by atoms with Crippen molar-refractivity contribution in [2.45, 2.75) is 45.3 Å². The Balaban J connectivity index is 2.33. The fraction of sp³-hybridized carbons (Fsp3) is 1.00. The molecule has 0 aromatic rings. The molecule has 0 amide bonds. The molecule has 3 atom stereocenters. The zero-order valence-corrected chi connectivity index (χ0v) is 7.51. The van der Waals surface area contributed by atoms with Gasteiger partial charge in [0.05, 0.1) is 6.10 Å². The highest BCUT2D eigenvalue weighted by molar-refractivity contribution is 4.81. The number of hydrogen-bond acceptors (Lipinski definition) is 2. The molecule has 1 rings (SSSR count). The summed E-state index contributed by atoms with van der Waals surface area (Å²) in [4.78, 5) is 0. The van der Waals surface area contributed by atoms with E-state index in [0.29, 0.717) is 6.04 Å². The molecule has 0 radical (unpaired) electrons. The molecule has 2 heteroatoms. The fourth-order valence-corrected chi connectivity index (χ4v) is 1.73. The maximum atomic E-state index is 9.54. The molecule has 2 N–H and O–H groups in total. The van der Waals surface area contributed by atoms with Crippen molar-refractivity contribution in [2.75, 3.05) is 6.54 Å². The monoisotopic (exact) mass is 157 g/mol. The third-order valence-electron chi connectivity index (χ3n) is 2.58. The second-order valence-corrected chi connectivity index (χ2v) is 3.67. The number of piperidine rings is 1. The minimum atomic E-state index is -0.141. The first-order valence-corrected chi connectivity index (χ1v) is 4.65. The van der Waals surface area contributed by atoms with Gasteiger partial charge in [0.2, 0.25) is 0 Å². The molecule has 3 unspecified atom stereocenters. The number of hydrogen-bond donors (Lipinski definition) is 2. The van der Waals surface area contributed by atoms with Gasteiger partial charge in [-0.3, -0.25) is 0 Å². The quantitative estimate of drug-likeness (QED) is 0.630. The average molecular weight is 157 g/mol. The van der Waals surface area contributed by atoms with Crippen molar-refractivity contribution in [3.05, 3.63) is 0 Å². The van der Waals surface area contributed by atoms with Gasteiger partial charge in [-0.15, -0.1) is 0 Å². The maximum absolute atomic E-state index is 9.54. The van der Waals surface area contributed by atoms with Gasteiger partial charge in [-0.05, 0) is 31.7 Å². The molecule has 11 heavy (non-hydrogen) atoms. The van der Waals surface area contributed by atoms with E-state index in [2.05, 4.69) is 12.2 Å². The average Bonchev–Trinajstić information content (AvgIpc) is 2.03. The van der Waals surface area contributed by atoms with Crippen LogP contribution in [0.1, 0.15) is 33.1 Å². The first kappa shape index (κ1) is 9.01. The zero-order chi connectivity index (χ0) is 8.27. The van der Waals surface area contributed by atoms with E-state index in [9.17, 15) is 5.11 Å². The molecular weight excluding hydrogens is 138 g/mol. The van der Waals surface area contributed by atoms with Gasteiger partial charge in [0.1, 0.15) is 0 Å². The molecule has 1 fully saturated rings. The molecule has 1 aliphatic heterocycles. The number of rotatable bonds is 2. The van der Waals surface area contributed by atoms with Crippen LogP contribution in [0.25, 0.3) is 0 Å². The largest absolute Gasteiger partial charge is 0.392 e. The van der Waals surface area contributed by atoms with Crippen LogP contribution in [0.5, 0.6) is 0 Å². The van der Waals surface area contributed by atoms with Crippen molar-refractivity contribution < 1.29 is 5.11 Å². The summed E-state index contributed by atoms with van der Waals surface area (Å²) in [5.41, 5.74) is 0. The van der Waals surface area contributed by atoms with Crippen molar-refractivity contribution in [1.29, 1.82) is 0 Å². The lowest BCUT2D eigenvalue weighted by molar-refractivity contribution is 0.0977. The van der Waals surface area contributed by atoms with Crippen LogP contribution in [-0.2, 0) is 0 Å². The van der Waals surface area contributed by atoms with E-state index in [-0.39, 0.29) is 6.10 Å². The van der Waals surface area contributed by atoms with Crippen LogP contribution in [0, 0.1) is 5.92 Å². The summed E-state index contributed by atoms with van der Waals surface area (Å²) in [6.07, 6.45) is 3.12. The molecule has 1 aliphatic rings. The predicted molar refractivity (Wildman–Crippen MR) is 46.5 cm³/mol. The van der Waals surface area contributed by atoms with Crippen LogP contribution in [0.3, 0.4) is 0 Å². The van der Waals surface area contributed by atoms with Crippen molar-refractivity contribution in [1.82, 2.24) is 5.32 Å². The summed E-state index contributed by atoms with van der Waals surface area (Å²) in [6.45, 7) is 5.37. The van der Waals surface area contributed by atoms with Crippen LogP contribution in [0.2, 0.25) is 0 Å². The third-order valence-corrected chi connectivity index (χ3v) is 2.58. The van der Waals surface area contributed by atoms with Crippen LogP contribution in [0.4, 0.5) is 0 Å². The summed E-state index contributed by atoms with van der Waals surface area (Å²) in [5, 5.41) is 12.9. The Hall–Kier alpha value is -0.0800. The molecule has 0 aromatic heterocycles. The second-order valence-electron chi connectivity index (χ2n) is 3.67. The topological polar surface area (TPSA) is 32.3 Å². The number of aliphatic hydroxyl groups excluding tert-OH is 1. The molecule has 66 valence electrons. The molecule has 0 saturated carbocycles. The van der Waals surface area contributed by atoms with E-state index in [0.717, 1.165) is 25.3 Å². The van der Waals surface area contributed by atoms with Gasteiger partial charge in [-0.25, -0.2) is 0 Å². The first-order valence-electron chi connectivity index (χ1n) is 4.65. The van der Waals surface area contributed by atoms with Gasteiger partial charge in [-0.1, -0.05) is 13.8 Å². The zero-order valence-electron chi connectivity index (χ0n) is 7.51. The molecule has 1 saturated heterocycles. The highest BCUT2D eigenvalue weighted by Gasteiger charge is 2.23. The van der Waals surface area contributed by atoms with Crippen molar-refractivity contribution in [3.63, 3.8) is 0 Å². The number of aliphatic hydroxyl groups is 1. The number of nitrogens with one attached hydrogen (secondary N) is 1. The van der Waals surface area contributed by atoms with Gasteiger partial charge in [-0.2, -0.15) is 0 Å². The van der Waals surface area contributed by atoms with E-state index in [4.69, 9.17) is 0 Å². The van der Waals surface area contributed by atoms with Gasteiger partial charge < -0.3 is 10.4 Å². The Morgan fingerprint density at radius 2 is 2.36 bits per heavy atom. The SMILES string of the molecule is CCC(O)C1CC(C)CCN1. The van der Waals surface area contributed by atoms with Gasteiger partial charge >= 0.3 is 0 Å². The van der Waals surface area contributed by atoms with Crippen molar-refractivity contribution in [3.8, 4) is 0 Å². The van der Waals surface area contributed by atoms with Gasteiger partial charge in [0.25, 0.3) is 0 Å². The Bertz CT molecular complexity index is 116. The van der Waals surface area contributed by atoms with Crippen LogP contribution >= 0.6 is 0 Å². The molecule has 0 aromatic carbocycles. The highest BCUT2D eigenvalue weighted by atomic mass is 16.3. The predicted octanol–water partition coefficient (Wildman–Crippen LogP) is 1.15. The van der Waals surface area contributed by atoms with Gasteiger partial charge in [0, 0.05) is 6.04 Å². The van der Waals surface area contributed by atoms with E-state index < -0.39 is 0 Å². The first-order chi connectivity index (χ1) is 5.24. The normalized spacial score (nSPS) is 35.2. The van der Waals surface area contributed by atoms with E-state index in [1.807, 2.05) is 6.92 Å². The Kier molecular flexibility index (Phi) is 3.34. The smallest absolute Gasteiger partial charge is 0.0690 e. The molecular formula is C9H19NO.